The Morgan fingerprint density at radius 2 is 1.88 bits per heavy atom. The van der Waals surface area contributed by atoms with Crippen molar-refractivity contribution >= 4 is 35.8 Å². The number of nitrogens with zero attached hydrogens (tertiary/aromatic N) is 4. The number of guanidine groups is 1. The third-order valence-corrected chi connectivity index (χ3v) is 3.36. The largest absolute Gasteiger partial charge is 0.508 e. The minimum atomic E-state index is -0.192. The number of phenols is 1. The molecular weight excluding hydrogens is 449 g/mol. The minimum Gasteiger partial charge on any atom is -0.508 e. The maximum absolute atomic E-state index is 12.0. The number of aryl methyl sites for hydroxylation is 1. The second-order valence-electron chi connectivity index (χ2n) is 5.22. The van der Waals surface area contributed by atoms with Crippen molar-refractivity contribution in [1.82, 2.24) is 30.7 Å². The van der Waals surface area contributed by atoms with Gasteiger partial charge < -0.3 is 21.1 Å². The quantitative estimate of drug-likeness (QED) is 0.203. The molecule has 0 aliphatic carbocycles. The van der Waals surface area contributed by atoms with E-state index in [-0.39, 0.29) is 35.6 Å². The zero-order chi connectivity index (χ0) is 18.1. The lowest BCUT2D eigenvalue weighted by Crippen LogP contribution is -2.41. The van der Waals surface area contributed by atoms with E-state index in [1.54, 1.807) is 16.8 Å². The van der Waals surface area contributed by atoms with Crippen LogP contribution in [0.2, 0.25) is 0 Å². The van der Waals surface area contributed by atoms with E-state index in [1.165, 1.54) is 18.5 Å². The molecule has 10 heteroatoms. The highest BCUT2D eigenvalue weighted by molar-refractivity contribution is 14.0. The lowest BCUT2D eigenvalue weighted by Gasteiger charge is -2.12. The molecule has 0 aliphatic rings. The number of aromatic nitrogens is 3. The highest BCUT2D eigenvalue weighted by atomic mass is 127. The Bertz CT molecular complexity index is 716. The van der Waals surface area contributed by atoms with Gasteiger partial charge in [-0.05, 0) is 31.2 Å². The summed E-state index contributed by atoms with van der Waals surface area (Å²) >= 11 is 0. The van der Waals surface area contributed by atoms with Crippen LogP contribution >= 0.6 is 24.0 Å². The van der Waals surface area contributed by atoms with E-state index >= 15 is 0 Å². The van der Waals surface area contributed by atoms with Crippen LogP contribution in [0.1, 0.15) is 23.1 Å². The summed E-state index contributed by atoms with van der Waals surface area (Å²) in [5.41, 5.74) is 0.501. The number of hydrogen-bond acceptors (Lipinski definition) is 5. The molecule has 2 rings (SSSR count). The van der Waals surface area contributed by atoms with Crippen molar-refractivity contribution in [2.24, 2.45) is 12.0 Å². The smallest absolute Gasteiger partial charge is 0.251 e. The monoisotopic (exact) mass is 473 g/mol. The van der Waals surface area contributed by atoms with Crippen molar-refractivity contribution in [2.45, 2.75) is 13.5 Å². The highest BCUT2D eigenvalue weighted by Gasteiger charge is 2.05. The summed E-state index contributed by atoms with van der Waals surface area (Å²) in [4.78, 5) is 20.5. The molecule has 0 unspecified atom stereocenters. The molecule has 0 aliphatic heterocycles. The molecule has 4 N–H and O–H groups in total. The van der Waals surface area contributed by atoms with Gasteiger partial charge in [0, 0.05) is 32.2 Å². The number of amides is 1. The SMILES string of the molecule is CCNC(=NCc1ncnn1C)NCCNC(=O)c1ccc(O)cc1.I. The highest BCUT2D eigenvalue weighted by Crippen LogP contribution is 2.09. The van der Waals surface area contributed by atoms with Crippen LogP contribution in [0.5, 0.6) is 5.75 Å². The number of carbonyl (C=O) groups is 1. The minimum absolute atomic E-state index is 0. The average Bonchev–Trinajstić information content (AvgIpc) is 3.02. The molecular formula is C16H24IN7O2. The van der Waals surface area contributed by atoms with E-state index < -0.39 is 0 Å². The number of phenolic OH excluding ortho intramolecular Hbond substituents is 1. The fourth-order valence-electron chi connectivity index (χ4n) is 2.03. The van der Waals surface area contributed by atoms with Crippen LogP contribution in [0.4, 0.5) is 0 Å². The molecule has 1 amide bonds. The molecule has 0 fully saturated rings. The molecule has 1 aromatic heterocycles. The molecule has 142 valence electrons. The summed E-state index contributed by atoms with van der Waals surface area (Å²) in [6, 6.07) is 6.11. The molecule has 1 aromatic carbocycles. The average molecular weight is 473 g/mol. The third-order valence-electron chi connectivity index (χ3n) is 3.36. The fraction of sp³-hybridized carbons (Fsp3) is 0.375. The standard InChI is InChI=1S/C16H23N7O2.HI/c1-3-17-16(20-10-14-21-11-22-23(14)2)19-9-8-18-15(25)12-4-6-13(24)7-5-12;/h4-7,11,24H,3,8-10H2,1-2H3,(H,18,25)(H2,17,19,20);1H. The predicted octanol–water partition coefficient (Wildman–Crippen LogP) is 0.624. The second-order valence-corrected chi connectivity index (χ2v) is 5.22. The lowest BCUT2D eigenvalue weighted by atomic mass is 10.2. The van der Waals surface area contributed by atoms with E-state index in [1.807, 2.05) is 14.0 Å². The summed E-state index contributed by atoms with van der Waals surface area (Å²) < 4.78 is 1.67. The number of hydrogen-bond donors (Lipinski definition) is 4. The van der Waals surface area contributed by atoms with Gasteiger partial charge in [-0.1, -0.05) is 0 Å². The number of halogens is 1. The molecule has 26 heavy (non-hydrogen) atoms. The molecule has 0 atom stereocenters. The predicted molar refractivity (Wildman–Crippen MR) is 110 cm³/mol. The third kappa shape index (κ3) is 6.86. The summed E-state index contributed by atoms with van der Waals surface area (Å²) in [7, 11) is 1.82. The Morgan fingerprint density at radius 1 is 1.19 bits per heavy atom. The molecule has 0 bridgehead atoms. The van der Waals surface area contributed by atoms with E-state index in [2.05, 4.69) is 31.0 Å². The number of rotatable bonds is 7. The maximum atomic E-state index is 12.0. The van der Waals surface area contributed by atoms with Crippen molar-refractivity contribution in [3.63, 3.8) is 0 Å². The number of benzene rings is 1. The van der Waals surface area contributed by atoms with Gasteiger partial charge in [-0.2, -0.15) is 5.10 Å². The summed E-state index contributed by atoms with van der Waals surface area (Å²) in [5.74, 6) is 1.35. The van der Waals surface area contributed by atoms with Gasteiger partial charge in [-0.25, -0.2) is 9.98 Å². The fourth-order valence-corrected chi connectivity index (χ4v) is 2.03. The topological polar surface area (TPSA) is 116 Å². The van der Waals surface area contributed by atoms with Crippen LogP contribution < -0.4 is 16.0 Å². The van der Waals surface area contributed by atoms with Gasteiger partial charge in [-0.3, -0.25) is 9.48 Å². The molecule has 0 radical (unpaired) electrons. The first kappa shape index (κ1) is 21.7. The lowest BCUT2D eigenvalue weighted by molar-refractivity contribution is 0.0954. The summed E-state index contributed by atoms with van der Waals surface area (Å²) in [6.07, 6.45) is 1.49. The van der Waals surface area contributed by atoms with Crippen LogP contribution in [-0.4, -0.2) is 51.4 Å². The Hall–Kier alpha value is -2.37. The van der Waals surface area contributed by atoms with E-state index in [0.29, 0.717) is 31.2 Å². The molecule has 0 saturated heterocycles. The van der Waals surface area contributed by atoms with Crippen LogP contribution in [0.3, 0.4) is 0 Å². The number of aliphatic imine (C=N–C) groups is 1. The van der Waals surface area contributed by atoms with Crippen LogP contribution in [0, 0.1) is 0 Å². The first-order valence-corrected chi connectivity index (χ1v) is 8.02. The van der Waals surface area contributed by atoms with E-state index in [4.69, 9.17) is 0 Å². The van der Waals surface area contributed by atoms with Gasteiger partial charge in [-0.15, -0.1) is 24.0 Å². The van der Waals surface area contributed by atoms with Crippen LogP contribution in [-0.2, 0) is 13.6 Å². The van der Waals surface area contributed by atoms with E-state index in [0.717, 1.165) is 12.4 Å². The van der Waals surface area contributed by atoms with Crippen molar-refractivity contribution < 1.29 is 9.90 Å². The van der Waals surface area contributed by atoms with Crippen LogP contribution in [0.15, 0.2) is 35.6 Å². The number of nitrogens with one attached hydrogen (secondary N) is 3. The summed E-state index contributed by atoms with van der Waals surface area (Å²) in [6.45, 7) is 4.07. The van der Waals surface area contributed by atoms with Gasteiger partial charge in [0.1, 0.15) is 24.4 Å². The molecule has 0 saturated carbocycles. The van der Waals surface area contributed by atoms with Crippen molar-refractivity contribution in [3.05, 3.63) is 42.0 Å². The Kier molecular flexibility index (Phi) is 9.41. The molecule has 9 nitrogen and oxygen atoms in total. The van der Waals surface area contributed by atoms with Gasteiger partial charge in [0.25, 0.3) is 5.91 Å². The zero-order valence-corrected chi connectivity index (χ0v) is 17.1. The molecule has 1 heterocycles. The van der Waals surface area contributed by atoms with Gasteiger partial charge in [0.2, 0.25) is 0 Å². The van der Waals surface area contributed by atoms with Gasteiger partial charge in [0.05, 0.1) is 0 Å². The van der Waals surface area contributed by atoms with Gasteiger partial charge >= 0.3 is 0 Å². The van der Waals surface area contributed by atoms with Gasteiger partial charge in [0.15, 0.2) is 5.96 Å². The maximum Gasteiger partial charge on any atom is 0.251 e. The number of carbonyl (C=O) groups excluding carboxylic acids is 1. The first-order valence-electron chi connectivity index (χ1n) is 8.02. The molecule has 2 aromatic rings. The van der Waals surface area contributed by atoms with E-state index in [9.17, 15) is 9.90 Å². The zero-order valence-electron chi connectivity index (χ0n) is 14.8. The Balaban J connectivity index is 0.00000338. The normalized spacial score (nSPS) is 10.8. The second kappa shape index (κ2) is 11.3. The summed E-state index contributed by atoms with van der Waals surface area (Å²) in [5, 5.41) is 22.3. The number of aromatic hydroxyl groups is 1. The van der Waals surface area contributed by atoms with Crippen LogP contribution in [0.25, 0.3) is 0 Å². The van der Waals surface area contributed by atoms with Crippen molar-refractivity contribution in [1.29, 1.82) is 0 Å². The first-order chi connectivity index (χ1) is 12.1. The molecule has 0 spiro atoms. The van der Waals surface area contributed by atoms with Crippen molar-refractivity contribution in [3.8, 4) is 5.75 Å². The Labute approximate surface area is 169 Å². The van der Waals surface area contributed by atoms with Crippen molar-refractivity contribution in [2.75, 3.05) is 19.6 Å². The Morgan fingerprint density at radius 3 is 2.50 bits per heavy atom.